The molecule has 0 aliphatic carbocycles. The highest BCUT2D eigenvalue weighted by molar-refractivity contribution is 6.32. The standard InChI is InChI=1S/C26H28ClNO6/c1-5-32-21-12-16(7-8-19(21)29)23-22-24(30)17-13-18(27)15(4)11-20(17)34-25(22)26(31)28(23)9-6-10-33-14(2)3/h7-8,11-14,23,29H,5-6,9-10H2,1-4H3/t23-/m0/s1. The van der Waals surface area contributed by atoms with Crippen molar-refractivity contribution in [1.82, 2.24) is 4.90 Å². The first kappa shape index (κ1) is 24.1. The molecule has 180 valence electrons. The maximum absolute atomic E-state index is 13.7. The zero-order valence-electron chi connectivity index (χ0n) is 19.7. The smallest absolute Gasteiger partial charge is 0.290 e. The Hall–Kier alpha value is -3.03. The molecule has 2 heterocycles. The van der Waals surface area contributed by atoms with Crippen LogP contribution in [0, 0.1) is 6.92 Å². The SMILES string of the molecule is CCOc1cc([C@H]2c3c(oc4cc(C)c(Cl)cc4c3=O)C(=O)N2CCCOC(C)C)ccc1O. The number of halogens is 1. The minimum absolute atomic E-state index is 0.0140. The number of carbonyl (C=O) groups is 1. The van der Waals surface area contributed by atoms with Crippen molar-refractivity contribution in [2.45, 2.75) is 46.3 Å². The summed E-state index contributed by atoms with van der Waals surface area (Å²) in [6.07, 6.45) is 0.665. The Kier molecular flexibility index (Phi) is 6.86. The molecule has 7 nitrogen and oxygen atoms in total. The molecule has 8 heteroatoms. The molecule has 0 unspecified atom stereocenters. The van der Waals surface area contributed by atoms with Gasteiger partial charge in [-0.25, -0.2) is 0 Å². The molecule has 1 aliphatic heterocycles. The van der Waals surface area contributed by atoms with Crippen molar-refractivity contribution in [2.75, 3.05) is 19.8 Å². The predicted octanol–water partition coefficient (Wildman–Crippen LogP) is 5.22. The first-order valence-electron chi connectivity index (χ1n) is 11.4. The summed E-state index contributed by atoms with van der Waals surface area (Å²) in [5.74, 6) is -0.0603. The number of phenols is 1. The van der Waals surface area contributed by atoms with Gasteiger partial charge in [0.2, 0.25) is 5.76 Å². The van der Waals surface area contributed by atoms with E-state index >= 15 is 0 Å². The number of ether oxygens (including phenoxy) is 2. The Morgan fingerprint density at radius 3 is 2.68 bits per heavy atom. The van der Waals surface area contributed by atoms with Gasteiger partial charge in [-0.3, -0.25) is 9.59 Å². The third-order valence-corrected chi connectivity index (χ3v) is 6.25. The molecule has 1 atom stereocenters. The van der Waals surface area contributed by atoms with Crippen LogP contribution in [0.25, 0.3) is 11.0 Å². The Morgan fingerprint density at radius 1 is 1.21 bits per heavy atom. The Morgan fingerprint density at radius 2 is 1.97 bits per heavy atom. The van der Waals surface area contributed by atoms with Crippen molar-refractivity contribution in [3.63, 3.8) is 0 Å². The molecular weight excluding hydrogens is 458 g/mol. The number of hydrogen-bond acceptors (Lipinski definition) is 6. The quantitative estimate of drug-likeness (QED) is 0.440. The van der Waals surface area contributed by atoms with E-state index in [0.29, 0.717) is 47.7 Å². The molecule has 3 aromatic rings. The maximum atomic E-state index is 13.7. The van der Waals surface area contributed by atoms with E-state index < -0.39 is 6.04 Å². The molecule has 0 bridgehead atoms. The van der Waals surface area contributed by atoms with E-state index in [1.165, 1.54) is 6.07 Å². The van der Waals surface area contributed by atoms with Crippen LogP contribution in [-0.2, 0) is 4.74 Å². The summed E-state index contributed by atoms with van der Waals surface area (Å²) in [4.78, 5) is 28.8. The van der Waals surface area contributed by atoms with Crippen molar-refractivity contribution in [2.24, 2.45) is 0 Å². The summed E-state index contributed by atoms with van der Waals surface area (Å²) in [6.45, 7) is 8.72. The fourth-order valence-corrected chi connectivity index (χ4v) is 4.41. The number of aryl methyl sites for hydroxylation is 1. The lowest BCUT2D eigenvalue weighted by Crippen LogP contribution is -2.31. The summed E-state index contributed by atoms with van der Waals surface area (Å²) in [6, 6.07) is 7.42. The van der Waals surface area contributed by atoms with E-state index in [-0.39, 0.29) is 40.3 Å². The lowest BCUT2D eigenvalue weighted by molar-refractivity contribution is 0.0593. The Bertz CT molecular complexity index is 1300. The summed E-state index contributed by atoms with van der Waals surface area (Å²) in [7, 11) is 0. The molecule has 2 aromatic carbocycles. The second kappa shape index (κ2) is 9.68. The maximum Gasteiger partial charge on any atom is 0.290 e. The number of rotatable bonds is 8. The molecule has 0 saturated heterocycles. The van der Waals surface area contributed by atoms with Crippen LogP contribution in [0.15, 0.2) is 39.5 Å². The molecule has 1 amide bonds. The van der Waals surface area contributed by atoms with Gasteiger partial charge in [-0.15, -0.1) is 0 Å². The van der Waals surface area contributed by atoms with Crippen LogP contribution in [0.1, 0.15) is 60.5 Å². The monoisotopic (exact) mass is 485 g/mol. The van der Waals surface area contributed by atoms with E-state index in [9.17, 15) is 14.7 Å². The van der Waals surface area contributed by atoms with Gasteiger partial charge in [0.15, 0.2) is 16.9 Å². The lowest BCUT2D eigenvalue weighted by Gasteiger charge is -2.25. The van der Waals surface area contributed by atoms with Crippen LogP contribution in [0.2, 0.25) is 5.02 Å². The second-order valence-electron chi connectivity index (χ2n) is 8.61. The number of carbonyl (C=O) groups excluding carboxylic acids is 1. The predicted molar refractivity (Wildman–Crippen MR) is 130 cm³/mol. The normalized spacial score (nSPS) is 15.4. The minimum Gasteiger partial charge on any atom is -0.504 e. The highest BCUT2D eigenvalue weighted by atomic mass is 35.5. The summed E-state index contributed by atoms with van der Waals surface area (Å²) < 4.78 is 17.2. The van der Waals surface area contributed by atoms with Gasteiger partial charge < -0.3 is 23.9 Å². The Labute approximate surface area is 202 Å². The van der Waals surface area contributed by atoms with Crippen LogP contribution in [0.3, 0.4) is 0 Å². The lowest BCUT2D eigenvalue weighted by atomic mass is 9.97. The molecule has 0 fully saturated rings. The summed E-state index contributed by atoms with van der Waals surface area (Å²) in [5.41, 5.74) is 1.67. The third kappa shape index (κ3) is 4.38. The van der Waals surface area contributed by atoms with E-state index in [1.54, 1.807) is 29.2 Å². The van der Waals surface area contributed by atoms with Crippen molar-refractivity contribution in [3.8, 4) is 11.5 Å². The first-order valence-corrected chi connectivity index (χ1v) is 11.8. The molecule has 4 rings (SSSR count). The average Bonchev–Trinajstić information content (AvgIpc) is 3.06. The van der Waals surface area contributed by atoms with Crippen LogP contribution in [0.5, 0.6) is 11.5 Å². The van der Waals surface area contributed by atoms with Crippen molar-refractivity contribution in [3.05, 3.63) is 68.0 Å². The zero-order valence-corrected chi connectivity index (χ0v) is 20.4. The summed E-state index contributed by atoms with van der Waals surface area (Å²) >= 11 is 6.29. The van der Waals surface area contributed by atoms with Crippen LogP contribution < -0.4 is 10.2 Å². The molecule has 0 saturated carbocycles. The fourth-order valence-electron chi connectivity index (χ4n) is 4.24. The first-order chi connectivity index (χ1) is 16.2. The molecule has 1 aliphatic rings. The number of fused-ring (bicyclic) bond motifs is 2. The van der Waals surface area contributed by atoms with Crippen molar-refractivity contribution in [1.29, 1.82) is 0 Å². The molecule has 0 radical (unpaired) electrons. The molecule has 34 heavy (non-hydrogen) atoms. The van der Waals surface area contributed by atoms with Gasteiger partial charge in [0, 0.05) is 18.2 Å². The highest BCUT2D eigenvalue weighted by Crippen LogP contribution is 2.41. The van der Waals surface area contributed by atoms with Gasteiger partial charge in [-0.2, -0.15) is 0 Å². The second-order valence-corrected chi connectivity index (χ2v) is 9.01. The van der Waals surface area contributed by atoms with E-state index in [2.05, 4.69) is 0 Å². The number of aromatic hydroxyl groups is 1. The van der Waals surface area contributed by atoms with Gasteiger partial charge in [-0.05, 0) is 69.5 Å². The van der Waals surface area contributed by atoms with Gasteiger partial charge in [0.25, 0.3) is 5.91 Å². The van der Waals surface area contributed by atoms with Gasteiger partial charge >= 0.3 is 0 Å². The third-order valence-electron chi connectivity index (χ3n) is 5.84. The fraction of sp³-hybridized carbons (Fsp3) is 0.385. The average molecular weight is 486 g/mol. The minimum atomic E-state index is -0.693. The van der Waals surface area contributed by atoms with Gasteiger partial charge in [0.1, 0.15) is 5.58 Å². The van der Waals surface area contributed by atoms with Gasteiger partial charge in [0.05, 0.1) is 29.7 Å². The largest absolute Gasteiger partial charge is 0.504 e. The molecule has 0 spiro atoms. The van der Waals surface area contributed by atoms with Crippen molar-refractivity contribution >= 4 is 28.5 Å². The van der Waals surface area contributed by atoms with E-state index in [1.807, 2.05) is 27.7 Å². The van der Waals surface area contributed by atoms with Crippen LogP contribution >= 0.6 is 11.6 Å². The van der Waals surface area contributed by atoms with E-state index in [0.717, 1.165) is 5.56 Å². The van der Waals surface area contributed by atoms with Crippen molar-refractivity contribution < 1.29 is 23.8 Å². The number of hydrogen-bond donors (Lipinski definition) is 1. The number of amides is 1. The molecular formula is C26H28ClNO6. The topological polar surface area (TPSA) is 89.2 Å². The van der Waals surface area contributed by atoms with Crippen LogP contribution in [-0.4, -0.2) is 41.8 Å². The van der Waals surface area contributed by atoms with E-state index in [4.69, 9.17) is 25.5 Å². The zero-order chi connectivity index (χ0) is 24.6. The van der Waals surface area contributed by atoms with Crippen LogP contribution in [0.4, 0.5) is 0 Å². The number of nitrogens with zero attached hydrogens (tertiary/aromatic N) is 1. The molecule has 1 N–H and O–H groups in total. The number of benzene rings is 2. The Balaban J connectivity index is 1.86. The number of phenolic OH excluding ortho intramolecular Hbond substituents is 1. The highest BCUT2D eigenvalue weighted by Gasteiger charge is 2.42. The molecule has 1 aromatic heterocycles. The summed E-state index contributed by atoms with van der Waals surface area (Å²) in [5, 5.41) is 11.0. The van der Waals surface area contributed by atoms with Gasteiger partial charge in [-0.1, -0.05) is 17.7 Å².